The first-order valence-corrected chi connectivity index (χ1v) is 7.40. The second-order valence-electron chi connectivity index (χ2n) is 5.85. The molecule has 2 aliphatic rings. The lowest BCUT2D eigenvalue weighted by atomic mass is 10.0. The molecule has 0 unspecified atom stereocenters. The van der Waals surface area contributed by atoms with Gasteiger partial charge in [0.05, 0.1) is 6.10 Å². The van der Waals surface area contributed by atoms with E-state index in [1.165, 1.54) is 0 Å². The minimum Gasteiger partial charge on any atom is -0.387 e. The zero-order valence-corrected chi connectivity index (χ0v) is 12.6. The quantitative estimate of drug-likeness (QED) is 0.573. The van der Waals surface area contributed by atoms with Crippen molar-refractivity contribution in [1.29, 1.82) is 0 Å². The Kier molecular flexibility index (Phi) is 5.20. The van der Waals surface area contributed by atoms with Crippen molar-refractivity contribution in [2.24, 2.45) is 0 Å². The molecule has 2 fully saturated rings. The summed E-state index contributed by atoms with van der Waals surface area (Å²) in [7, 11) is 0. The van der Waals surface area contributed by atoms with Gasteiger partial charge in [-0.25, -0.2) is 0 Å². The molecule has 5 heteroatoms. The Labute approximate surface area is 120 Å². The zero-order valence-electron chi connectivity index (χ0n) is 12.6. The van der Waals surface area contributed by atoms with Crippen LogP contribution in [-0.2, 0) is 18.9 Å². The highest BCUT2D eigenvalue weighted by Gasteiger charge is 2.56. The van der Waals surface area contributed by atoms with Crippen molar-refractivity contribution in [3.05, 3.63) is 12.7 Å². The Balaban J connectivity index is 1.96. The molecule has 0 aromatic carbocycles. The Morgan fingerprint density at radius 1 is 1.40 bits per heavy atom. The molecular formula is C15H26O5. The van der Waals surface area contributed by atoms with E-state index in [0.717, 1.165) is 12.8 Å². The molecule has 2 heterocycles. The van der Waals surface area contributed by atoms with Crippen LogP contribution >= 0.6 is 0 Å². The third-order valence-corrected chi connectivity index (χ3v) is 3.65. The van der Waals surface area contributed by atoms with Crippen LogP contribution in [0.4, 0.5) is 0 Å². The van der Waals surface area contributed by atoms with Crippen LogP contribution in [0.5, 0.6) is 0 Å². The first-order chi connectivity index (χ1) is 9.48. The smallest absolute Gasteiger partial charge is 0.190 e. The molecule has 0 bridgehead atoms. The van der Waals surface area contributed by atoms with E-state index in [9.17, 15) is 5.11 Å². The SMILES string of the molecule is C=CC[C@H](OCCCC)[C@@H]1O[C@@H]2OC(C)(C)O[C@@H]2[C@H]1O. The van der Waals surface area contributed by atoms with Gasteiger partial charge in [-0.05, 0) is 26.7 Å². The van der Waals surface area contributed by atoms with Gasteiger partial charge in [0, 0.05) is 6.61 Å². The number of fused-ring (bicyclic) bond motifs is 1. The molecule has 0 saturated carbocycles. The normalized spacial score (nSPS) is 36.8. The highest BCUT2D eigenvalue weighted by atomic mass is 16.8. The molecule has 2 rings (SSSR count). The van der Waals surface area contributed by atoms with E-state index < -0.39 is 30.4 Å². The Morgan fingerprint density at radius 2 is 2.15 bits per heavy atom. The van der Waals surface area contributed by atoms with Gasteiger partial charge in [-0.15, -0.1) is 6.58 Å². The summed E-state index contributed by atoms with van der Waals surface area (Å²) in [5.41, 5.74) is 0. The summed E-state index contributed by atoms with van der Waals surface area (Å²) in [5.74, 6) is -0.710. The zero-order chi connectivity index (χ0) is 14.8. The molecular weight excluding hydrogens is 260 g/mol. The van der Waals surface area contributed by atoms with Gasteiger partial charge >= 0.3 is 0 Å². The van der Waals surface area contributed by atoms with Crippen molar-refractivity contribution in [2.45, 2.75) is 76.5 Å². The van der Waals surface area contributed by atoms with Gasteiger partial charge in [-0.3, -0.25) is 0 Å². The van der Waals surface area contributed by atoms with Crippen LogP contribution in [0.2, 0.25) is 0 Å². The maximum Gasteiger partial charge on any atom is 0.190 e. The lowest BCUT2D eigenvalue weighted by Crippen LogP contribution is -2.42. The molecule has 20 heavy (non-hydrogen) atoms. The fourth-order valence-corrected chi connectivity index (χ4v) is 2.66. The summed E-state index contributed by atoms with van der Waals surface area (Å²) in [6.45, 7) is 10.1. The Bertz CT molecular complexity index is 330. The third-order valence-electron chi connectivity index (χ3n) is 3.65. The molecule has 0 aromatic rings. The number of rotatable bonds is 7. The largest absolute Gasteiger partial charge is 0.387 e. The number of aliphatic hydroxyl groups is 1. The van der Waals surface area contributed by atoms with E-state index in [1.807, 2.05) is 13.8 Å². The highest BCUT2D eigenvalue weighted by molar-refractivity contribution is 4.97. The molecule has 116 valence electrons. The topological polar surface area (TPSA) is 57.2 Å². The van der Waals surface area contributed by atoms with E-state index in [-0.39, 0.29) is 6.10 Å². The summed E-state index contributed by atoms with van der Waals surface area (Å²) in [5, 5.41) is 10.4. The van der Waals surface area contributed by atoms with E-state index in [1.54, 1.807) is 6.08 Å². The lowest BCUT2D eigenvalue weighted by molar-refractivity contribution is -0.228. The molecule has 2 aliphatic heterocycles. The van der Waals surface area contributed by atoms with Gasteiger partial charge in [-0.2, -0.15) is 0 Å². The average Bonchev–Trinajstić information content (AvgIpc) is 2.83. The first-order valence-electron chi connectivity index (χ1n) is 7.40. The van der Waals surface area contributed by atoms with Crippen molar-refractivity contribution in [1.82, 2.24) is 0 Å². The summed E-state index contributed by atoms with van der Waals surface area (Å²) in [4.78, 5) is 0. The second kappa shape index (κ2) is 6.54. The predicted molar refractivity (Wildman–Crippen MR) is 74.2 cm³/mol. The number of unbranched alkanes of at least 4 members (excludes halogenated alkanes) is 1. The van der Waals surface area contributed by atoms with Crippen molar-refractivity contribution in [2.75, 3.05) is 6.61 Å². The van der Waals surface area contributed by atoms with Crippen LogP contribution in [-0.4, -0.2) is 48.2 Å². The molecule has 1 N–H and O–H groups in total. The van der Waals surface area contributed by atoms with Crippen molar-refractivity contribution < 1.29 is 24.1 Å². The third kappa shape index (κ3) is 3.40. The van der Waals surface area contributed by atoms with Crippen LogP contribution in [0, 0.1) is 0 Å². The monoisotopic (exact) mass is 286 g/mol. The van der Waals surface area contributed by atoms with Crippen molar-refractivity contribution in [3.63, 3.8) is 0 Å². The van der Waals surface area contributed by atoms with E-state index >= 15 is 0 Å². The highest BCUT2D eigenvalue weighted by Crippen LogP contribution is 2.39. The lowest BCUT2D eigenvalue weighted by Gasteiger charge is -2.28. The van der Waals surface area contributed by atoms with Crippen LogP contribution < -0.4 is 0 Å². The summed E-state index contributed by atoms with van der Waals surface area (Å²) in [6, 6.07) is 0. The van der Waals surface area contributed by atoms with Gasteiger partial charge in [-0.1, -0.05) is 19.4 Å². The van der Waals surface area contributed by atoms with Crippen molar-refractivity contribution in [3.8, 4) is 0 Å². The number of ether oxygens (including phenoxy) is 4. The van der Waals surface area contributed by atoms with Crippen molar-refractivity contribution >= 4 is 0 Å². The van der Waals surface area contributed by atoms with E-state index in [2.05, 4.69) is 13.5 Å². The Morgan fingerprint density at radius 3 is 2.75 bits per heavy atom. The molecule has 0 aromatic heterocycles. The summed E-state index contributed by atoms with van der Waals surface area (Å²) >= 11 is 0. The molecule has 0 radical (unpaired) electrons. The van der Waals surface area contributed by atoms with Gasteiger partial charge in [0.25, 0.3) is 0 Å². The van der Waals surface area contributed by atoms with Crippen LogP contribution in [0.15, 0.2) is 12.7 Å². The van der Waals surface area contributed by atoms with Gasteiger partial charge in [0.2, 0.25) is 0 Å². The van der Waals surface area contributed by atoms with Crippen LogP contribution in [0.1, 0.15) is 40.0 Å². The molecule has 0 spiro atoms. The molecule has 2 saturated heterocycles. The number of hydrogen-bond donors (Lipinski definition) is 1. The molecule has 5 nitrogen and oxygen atoms in total. The molecule has 5 atom stereocenters. The summed E-state index contributed by atoms with van der Waals surface area (Å²) < 4.78 is 23.0. The molecule has 0 aliphatic carbocycles. The van der Waals surface area contributed by atoms with Gasteiger partial charge < -0.3 is 24.1 Å². The van der Waals surface area contributed by atoms with E-state index in [0.29, 0.717) is 13.0 Å². The first kappa shape index (κ1) is 15.9. The maximum atomic E-state index is 10.4. The average molecular weight is 286 g/mol. The molecule has 0 amide bonds. The number of hydrogen-bond acceptors (Lipinski definition) is 5. The maximum absolute atomic E-state index is 10.4. The minimum atomic E-state index is -0.742. The predicted octanol–water partition coefficient (Wildman–Crippen LogP) is 1.99. The number of aliphatic hydroxyl groups excluding tert-OH is 1. The van der Waals surface area contributed by atoms with E-state index in [4.69, 9.17) is 18.9 Å². The van der Waals surface area contributed by atoms with Crippen LogP contribution in [0.25, 0.3) is 0 Å². The standard InChI is InChI=1S/C15H26O5/c1-5-7-9-17-10(8-6-2)12-11(16)13-14(18-12)20-15(3,4)19-13/h6,10-14,16H,2,5,7-9H2,1,3-4H3/t10-,11-,12-,13+,14+/m0/s1. The Hall–Kier alpha value is -0.460. The second-order valence-corrected chi connectivity index (χ2v) is 5.85. The van der Waals surface area contributed by atoms with Gasteiger partial charge in [0.15, 0.2) is 12.1 Å². The fraction of sp³-hybridized carbons (Fsp3) is 0.867. The van der Waals surface area contributed by atoms with Gasteiger partial charge in [0.1, 0.15) is 18.3 Å². The minimum absolute atomic E-state index is 0.213. The summed E-state index contributed by atoms with van der Waals surface area (Å²) in [6.07, 6.45) is 2.12. The van der Waals surface area contributed by atoms with Crippen LogP contribution in [0.3, 0.4) is 0 Å². The fourth-order valence-electron chi connectivity index (χ4n) is 2.66.